The summed E-state index contributed by atoms with van der Waals surface area (Å²) in [7, 11) is -0.399. The van der Waals surface area contributed by atoms with E-state index in [9.17, 15) is 0 Å². The van der Waals surface area contributed by atoms with E-state index < -0.39 is 7.12 Å². The molecule has 0 amide bonds. The van der Waals surface area contributed by atoms with Crippen LogP contribution < -0.4 is 10.2 Å². The Kier molecular flexibility index (Phi) is 5.19. The summed E-state index contributed by atoms with van der Waals surface area (Å²) in [6, 6.07) is 15.7. The van der Waals surface area contributed by atoms with Crippen LogP contribution in [-0.4, -0.2) is 18.8 Å². The second-order valence-corrected chi connectivity index (χ2v) is 7.23. The van der Waals surface area contributed by atoms with E-state index in [1.54, 1.807) is 0 Å². The van der Waals surface area contributed by atoms with E-state index in [0.717, 1.165) is 17.4 Å². The maximum absolute atomic E-state index is 6.39. The SMILES string of the molecule is CC1CC(C)(C)OB(c2ccc(OCc3ccccc3)c(Cl)c2)O1. The lowest BCUT2D eigenvalue weighted by atomic mass is 9.75. The standard InChI is InChI=1S/C19H22BClO3/c1-14-12-19(2,3)24-20(23-14)16-9-10-18(17(21)11-16)22-13-15-7-5-4-6-8-15/h4-11,14H,12-13H2,1-3H3. The van der Waals surface area contributed by atoms with E-state index in [1.165, 1.54) is 0 Å². The van der Waals surface area contributed by atoms with Crippen molar-refractivity contribution in [2.45, 2.75) is 45.5 Å². The van der Waals surface area contributed by atoms with Crippen molar-refractivity contribution in [2.24, 2.45) is 0 Å². The summed E-state index contributed by atoms with van der Waals surface area (Å²) in [6.45, 7) is 6.71. The summed E-state index contributed by atoms with van der Waals surface area (Å²) in [5.74, 6) is 0.660. The second kappa shape index (κ2) is 7.18. The molecule has 1 unspecified atom stereocenters. The van der Waals surface area contributed by atoms with Crippen molar-refractivity contribution >= 4 is 24.2 Å². The van der Waals surface area contributed by atoms with Crippen LogP contribution in [0.2, 0.25) is 5.02 Å². The van der Waals surface area contributed by atoms with Crippen molar-refractivity contribution in [3.63, 3.8) is 0 Å². The fraction of sp³-hybridized carbons (Fsp3) is 0.368. The minimum atomic E-state index is -0.399. The van der Waals surface area contributed by atoms with Crippen molar-refractivity contribution in [2.75, 3.05) is 0 Å². The molecule has 0 N–H and O–H groups in total. The Morgan fingerprint density at radius 1 is 1.21 bits per heavy atom. The Morgan fingerprint density at radius 3 is 2.62 bits per heavy atom. The van der Waals surface area contributed by atoms with Crippen LogP contribution in [0.15, 0.2) is 48.5 Å². The highest BCUT2D eigenvalue weighted by molar-refractivity contribution is 6.62. The molecule has 1 fully saturated rings. The Labute approximate surface area is 149 Å². The van der Waals surface area contributed by atoms with E-state index >= 15 is 0 Å². The van der Waals surface area contributed by atoms with Crippen molar-refractivity contribution in [1.82, 2.24) is 0 Å². The monoisotopic (exact) mass is 344 g/mol. The zero-order valence-corrected chi connectivity index (χ0v) is 15.0. The second-order valence-electron chi connectivity index (χ2n) is 6.82. The highest BCUT2D eigenvalue weighted by Gasteiger charge is 2.38. The maximum Gasteiger partial charge on any atom is 0.494 e. The van der Waals surface area contributed by atoms with Crippen LogP contribution in [0, 0.1) is 0 Å². The van der Waals surface area contributed by atoms with Gasteiger partial charge >= 0.3 is 7.12 Å². The lowest BCUT2D eigenvalue weighted by molar-refractivity contribution is -0.0229. The van der Waals surface area contributed by atoms with Gasteiger partial charge in [0.25, 0.3) is 0 Å². The third-order valence-electron chi connectivity index (χ3n) is 4.03. The van der Waals surface area contributed by atoms with E-state index in [0.29, 0.717) is 17.4 Å². The summed E-state index contributed by atoms with van der Waals surface area (Å²) in [5.41, 5.74) is 1.80. The quantitative estimate of drug-likeness (QED) is 0.777. The number of halogens is 1. The van der Waals surface area contributed by atoms with Gasteiger partial charge in [-0.15, -0.1) is 0 Å². The molecular weight excluding hydrogens is 322 g/mol. The zero-order chi connectivity index (χ0) is 17.2. The Bertz CT molecular complexity index is 690. The first-order valence-electron chi connectivity index (χ1n) is 8.22. The minimum absolute atomic E-state index is 0.145. The third-order valence-corrected chi connectivity index (χ3v) is 4.32. The summed E-state index contributed by atoms with van der Waals surface area (Å²) in [4.78, 5) is 0. The van der Waals surface area contributed by atoms with Crippen molar-refractivity contribution in [1.29, 1.82) is 0 Å². The molecule has 3 nitrogen and oxygen atoms in total. The molecule has 1 atom stereocenters. The molecule has 1 saturated heterocycles. The van der Waals surface area contributed by atoms with E-state index in [1.807, 2.05) is 48.5 Å². The largest absolute Gasteiger partial charge is 0.494 e. The van der Waals surface area contributed by atoms with Crippen LogP contribution in [0.4, 0.5) is 0 Å². The lowest BCUT2D eigenvalue weighted by Gasteiger charge is -2.38. The molecule has 0 aromatic heterocycles. The molecule has 1 aliphatic heterocycles. The Morgan fingerprint density at radius 2 is 1.96 bits per heavy atom. The first kappa shape index (κ1) is 17.3. The van der Waals surface area contributed by atoms with Gasteiger partial charge in [-0.3, -0.25) is 0 Å². The van der Waals surface area contributed by atoms with Crippen LogP contribution in [0.25, 0.3) is 0 Å². The van der Waals surface area contributed by atoms with Gasteiger partial charge in [-0.05, 0) is 50.4 Å². The molecule has 24 heavy (non-hydrogen) atoms. The van der Waals surface area contributed by atoms with Gasteiger partial charge in [0.2, 0.25) is 0 Å². The molecule has 0 spiro atoms. The number of hydrogen-bond donors (Lipinski definition) is 0. The molecule has 0 radical (unpaired) electrons. The van der Waals surface area contributed by atoms with Gasteiger partial charge in [-0.1, -0.05) is 48.0 Å². The predicted molar refractivity (Wildman–Crippen MR) is 97.9 cm³/mol. The fourth-order valence-electron chi connectivity index (χ4n) is 2.98. The zero-order valence-electron chi connectivity index (χ0n) is 14.3. The van der Waals surface area contributed by atoms with Crippen LogP contribution >= 0.6 is 11.6 Å². The topological polar surface area (TPSA) is 27.7 Å². The van der Waals surface area contributed by atoms with Gasteiger partial charge < -0.3 is 14.0 Å². The van der Waals surface area contributed by atoms with Crippen LogP contribution in [-0.2, 0) is 15.9 Å². The molecule has 0 aliphatic carbocycles. The van der Waals surface area contributed by atoms with Gasteiger partial charge in [-0.2, -0.15) is 0 Å². The summed E-state index contributed by atoms with van der Waals surface area (Å²) >= 11 is 6.39. The van der Waals surface area contributed by atoms with E-state index in [-0.39, 0.29) is 11.7 Å². The molecule has 2 aromatic rings. The average molecular weight is 345 g/mol. The molecule has 2 aromatic carbocycles. The molecule has 1 aliphatic rings. The molecule has 1 heterocycles. The van der Waals surface area contributed by atoms with Crippen LogP contribution in [0.3, 0.4) is 0 Å². The van der Waals surface area contributed by atoms with Crippen molar-refractivity contribution < 1.29 is 14.0 Å². The molecule has 0 saturated carbocycles. The first-order chi connectivity index (χ1) is 11.4. The molecule has 3 rings (SSSR count). The van der Waals surface area contributed by atoms with Crippen molar-refractivity contribution in [3.8, 4) is 5.75 Å². The normalized spacial score (nSPS) is 20.0. The number of ether oxygens (including phenoxy) is 1. The predicted octanol–water partition coefficient (Wildman–Crippen LogP) is 4.22. The highest BCUT2D eigenvalue weighted by atomic mass is 35.5. The summed E-state index contributed by atoms with van der Waals surface area (Å²) < 4.78 is 17.8. The minimum Gasteiger partial charge on any atom is -0.487 e. The van der Waals surface area contributed by atoms with Crippen LogP contribution in [0.1, 0.15) is 32.8 Å². The van der Waals surface area contributed by atoms with Crippen molar-refractivity contribution in [3.05, 3.63) is 59.1 Å². The summed E-state index contributed by atoms with van der Waals surface area (Å²) in [6.07, 6.45) is 1.02. The van der Waals surface area contributed by atoms with Gasteiger partial charge in [-0.25, -0.2) is 0 Å². The number of rotatable bonds is 4. The maximum atomic E-state index is 6.39. The Hall–Kier alpha value is -1.49. The van der Waals surface area contributed by atoms with Gasteiger partial charge in [0, 0.05) is 6.10 Å². The number of benzene rings is 2. The number of hydrogen-bond acceptors (Lipinski definition) is 3. The molecular formula is C19H22BClO3. The fourth-order valence-corrected chi connectivity index (χ4v) is 3.22. The third kappa shape index (κ3) is 4.32. The molecule has 126 valence electrons. The Balaban J connectivity index is 1.70. The smallest absolute Gasteiger partial charge is 0.487 e. The summed E-state index contributed by atoms with van der Waals surface area (Å²) in [5, 5.41) is 0.562. The lowest BCUT2D eigenvalue weighted by Crippen LogP contribution is -2.51. The van der Waals surface area contributed by atoms with Crippen LogP contribution in [0.5, 0.6) is 5.75 Å². The highest BCUT2D eigenvalue weighted by Crippen LogP contribution is 2.28. The van der Waals surface area contributed by atoms with Gasteiger partial charge in [0.1, 0.15) is 12.4 Å². The van der Waals surface area contributed by atoms with E-state index in [2.05, 4.69) is 20.8 Å². The molecule has 0 bridgehead atoms. The first-order valence-corrected chi connectivity index (χ1v) is 8.60. The average Bonchev–Trinajstić information content (AvgIpc) is 2.53. The molecule has 5 heteroatoms. The van der Waals surface area contributed by atoms with Gasteiger partial charge in [0.15, 0.2) is 0 Å². The van der Waals surface area contributed by atoms with Gasteiger partial charge in [0.05, 0.1) is 10.6 Å². The van der Waals surface area contributed by atoms with E-state index in [4.69, 9.17) is 25.6 Å².